The fourth-order valence-corrected chi connectivity index (χ4v) is 1.91. The van der Waals surface area contributed by atoms with E-state index in [2.05, 4.69) is 30.4 Å². The highest BCUT2D eigenvalue weighted by Crippen LogP contribution is 2.21. The third-order valence-electron chi connectivity index (χ3n) is 2.67. The first-order chi connectivity index (χ1) is 6.75. The average Bonchev–Trinajstić information content (AvgIpc) is 2.18. The van der Waals surface area contributed by atoms with E-state index in [-0.39, 0.29) is 6.04 Å². The standard InChI is InChI=1S/C12H15NO/c1-9-3-2-4-10(7-9)12-8-11(14)5-6-13-12/h2-4,7,12-13H,5-6,8H2,1H3. The van der Waals surface area contributed by atoms with Crippen molar-refractivity contribution in [3.05, 3.63) is 35.4 Å². The zero-order chi connectivity index (χ0) is 9.97. The number of carbonyl (C=O) groups excluding carboxylic acids is 1. The lowest BCUT2D eigenvalue weighted by atomic mass is 9.96. The summed E-state index contributed by atoms with van der Waals surface area (Å²) >= 11 is 0. The number of hydrogen-bond acceptors (Lipinski definition) is 2. The Morgan fingerprint density at radius 3 is 3.00 bits per heavy atom. The van der Waals surface area contributed by atoms with Crippen LogP contribution in [0.15, 0.2) is 24.3 Å². The fourth-order valence-electron chi connectivity index (χ4n) is 1.91. The third-order valence-corrected chi connectivity index (χ3v) is 2.67. The number of piperidine rings is 1. The van der Waals surface area contributed by atoms with Gasteiger partial charge in [-0.15, -0.1) is 0 Å². The maximum atomic E-state index is 11.3. The van der Waals surface area contributed by atoms with Gasteiger partial charge >= 0.3 is 0 Å². The molecule has 1 N–H and O–H groups in total. The molecule has 0 bridgehead atoms. The molecule has 1 unspecified atom stereocenters. The Kier molecular flexibility index (Phi) is 2.64. The van der Waals surface area contributed by atoms with E-state index in [9.17, 15) is 4.79 Å². The van der Waals surface area contributed by atoms with Crippen molar-refractivity contribution in [1.29, 1.82) is 0 Å². The number of rotatable bonds is 1. The van der Waals surface area contributed by atoms with E-state index in [1.54, 1.807) is 0 Å². The Morgan fingerprint density at radius 2 is 2.29 bits per heavy atom. The normalized spacial score (nSPS) is 22.4. The second-order valence-electron chi connectivity index (χ2n) is 3.91. The SMILES string of the molecule is Cc1cccc(C2CC(=O)CCN2)c1. The van der Waals surface area contributed by atoms with Gasteiger partial charge in [0.05, 0.1) is 0 Å². The van der Waals surface area contributed by atoms with Gasteiger partial charge in [0.1, 0.15) is 5.78 Å². The zero-order valence-corrected chi connectivity index (χ0v) is 8.42. The molecule has 1 heterocycles. The van der Waals surface area contributed by atoms with Crippen LogP contribution >= 0.6 is 0 Å². The molecule has 1 aromatic carbocycles. The van der Waals surface area contributed by atoms with Gasteiger partial charge in [0.15, 0.2) is 0 Å². The molecule has 0 aromatic heterocycles. The van der Waals surface area contributed by atoms with Gasteiger partial charge in [-0.05, 0) is 12.5 Å². The van der Waals surface area contributed by atoms with Crippen LogP contribution in [-0.4, -0.2) is 12.3 Å². The Labute approximate surface area is 84.3 Å². The Morgan fingerprint density at radius 1 is 1.43 bits per heavy atom. The molecule has 0 spiro atoms. The number of carbonyl (C=O) groups is 1. The third kappa shape index (κ3) is 2.02. The quantitative estimate of drug-likeness (QED) is 0.732. The second-order valence-corrected chi connectivity index (χ2v) is 3.91. The first kappa shape index (κ1) is 9.41. The van der Waals surface area contributed by atoms with E-state index in [1.807, 2.05) is 6.07 Å². The lowest BCUT2D eigenvalue weighted by molar-refractivity contribution is -0.120. The molecule has 1 atom stereocenters. The fraction of sp³-hybridized carbons (Fsp3) is 0.417. The summed E-state index contributed by atoms with van der Waals surface area (Å²) in [6.07, 6.45) is 1.33. The van der Waals surface area contributed by atoms with Crippen LogP contribution in [0.25, 0.3) is 0 Å². The van der Waals surface area contributed by atoms with Crippen LogP contribution in [0.3, 0.4) is 0 Å². The van der Waals surface area contributed by atoms with Crippen molar-refractivity contribution in [2.45, 2.75) is 25.8 Å². The molecule has 0 aliphatic carbocycles. The van der Waals surface area contributed by atoms with Crippen molar-refractivity contribution in [2.24, 2.45) is 0 Å². The van der Waals surface area contributed by atoms with Crippen molar-refractivity contribution in [2.75, 3.05) is 6.54 Å². The minimum Gasteiger partial charge on any atom is -0.309 e. The van der Waals surface area contributed by atoms with Crippen LogP contribution in [0.2, 0.25) is 0 Å². The van der Waals surface area contributed by atoms with Gasteiger partial charge in [-0.3, -0.25) is 4.79 Å². The lowest BCUT2D eigenvalue weighted by Gasteiger charge is -2.23. The minimum absolute atomic E-state index is 0.233. The number of Topliss-reactive ketones (excluding diaryl/α,β-unsaturated/α-hetero) is 1. The molecule has 14 heavy (non-hydrogen) atoms. The molecule has 74 valence electrons. The van der Waals surface area contributed by atoms with Crippen molar-refractivity contribution in [1.82, 2.24) is 5.32 Å². The van der Waals surface area contributed by atoms with Crippen molar-refractivity contribution in [3.63, 3.8) is 0 Å². The average molecular weight is 189 g/mol. The summed E-state index contributed by atoms with van der Waals surface area (Å²) < 4.78 is 0. The Bertz CT molecular complexity index is 346. The highest BCUT2D eigenvalue weighted by molar-refractivity contribution is 5.80. The van der Waals surface area contributed by atoms with Crippen LogP contribution in [-0.2, 0) is 4.79 Å². The molecule has 1 aliphatic heterocycles. The number of hydrogen-bond donors (Lipinski definition) is 1. The van der Waals surface area contributed by atoms with Gasteiger partial charge in [-0.1, -0.05) is 29.8 Å². The van der Waals surface area contributed by atoms with Crippen LogP contribution in [0.4, 0.5) is 0 Å². The maximum Gasteiger partial charge on any atom is 0.136 e. The van der Waals surface area contributed by atoms with Crippen LogP contribution in [0.1, 0.15) is 30.0 Å². The first-order valence-electron chi connectivity index (χ1n) is 5.07. The zero-order valence-electron chi connectivity index (χ0n) is 8.42. The van der Waals surface area contributed by atoms with Gasteiger partial charge < -0.3 is 5.32 Å². The molecular formula is C12H15NO. The monoisotopic (exact) mass is 189 g/mol. The van der Waals surface area contributed by atoms with Crippen molar-refractivity contribution in [3.8, 4) is 0 Å². The molecule has 0 saturated carbocycles. The first-order valence-corrected chi connectivity index (χ1v) is 5.07. The largest absolute Gasteiger partial charge is 0.309 e. The highest BCUT2D eigenvalue weighted by Gasteiger charge is 2.19. The van der Waals surface area contributed by atoms with Gasteiger partial charge in [0, 0.05) is 25.4 Å². The summed E-state index contributed by atoms with van der Waals surface area (Å²) in [5, 5.41) is 3.37. The Balaban J connectivity index is 2.17. The molecule has 1 fully saturated rings. The molecule has 1 aliphatic rings. The van der Waals surface area contributed by atoms with Gasteiger partial charge in [-0.2, -0.15) is 0 Å². The number of benzene rings is 1. The van der Waals surface area contributed by atoms with E-state index in [0.29, 0.717) is 18.6 Å². The van der Waals surface area contributed by atoms with Crippen molar-refractivity contribution >= 4 is 5.78 Å². The molecule has 0 radical (unpaired) electrons. The molecule has 0 amide bonds. The van der Waals surface area contributed by atoms with Gasteiger partial charge in [-0.25, -0.2) is 0 Å². The molecular weight excluding hydrogens is 174 g/mol. The highest BCUT2D eigenvalue weighted by atomic mass is 16.1. The van der Waals surface area contributed by atoms with Crippen molar-refractivity contribution < 1.29 is 4.79 Å². The maximum absolute atomic E-state index is 11.3. The predicted octanol–water partition coefficient (Wildman–Crippen LogP) is 1.99. The molecule has 2 heteroatoms. The minimum atomic E-state index is 0.233. The van der Waals surface area contributed by atoms with E-state index in [1.165, 1.54) is 11.1 Å². The number of aryl methyl sites for hydroxylation is 1. The summed E-state index contributed by atoms with van der Waals surface area (Å²) in [4.78, 5) is 11.3. The molecule has 2 rings (SSSR count). The smallest absolute Gasteiger partial charge is 0.136 e. The molecule has 2 nitrogen and oxygen atoms in total. The molecule has 1 aromatic rings. The lowest BCUT2D eigenvalue weighted by Crippen LogP contribution is -2.31. The summed E-state index contributed by atoms with van der Waals surface area (Å²) in [5.74, 6) is 0.371. The number of nitrogens with one attached hydrogen (secondary N) is 1. The summed E-state index contributed by atoms with van der Waals surface area (Å²) in [7, 11) is 0. The van der Waals surface area contributed by atoms with Gasteiger partial charge in [0.2, 0.25) is 0 Å². The summed E-state index contributed by atoms with van der Waals surface area (Å²) in [5.41, 5.74) is 2.49. The van der Waals surface area contributed by atoms with Crippen LogP contribution in [0.5, 0.6) is 0 Å². The number of ketones is 1. The van der Waals surface area contributed by atoms with E-state index in [4.69, 9.17) is 0 Å². The summed E-state index contributed by atoms with van der Waals surface area (Å²) in [6.45, 7) is 2.89. The van der Waals surface area contributed by atoms with E-state index < -0.39 is 0 Å². The predicted molar refractivity (Wildman–Crippen MR) is 56.2 cm³/mol. The van der Waals surface area contributed by atoms with Crippen LogP contribution in [0, 0.1) is 6.92 Å². The van der Waals surface area contributed by atoms with E-state index in [0.717, 1.165) is 6.54 Å². The Hall–Kier alpha value is -1.15. The second kappa shape index (κ2) is 3.93. The summed E-state index contributed by atoms with van der Waals surface area (Å²) in [6, 6.07) is 8.59. The van der Waals surface area contributed by atoms with Crippen LogP contribution < -0.4 is 5.32 Å². The topological polar surface area (TPSA) is 29.1 Å². The molecule has 1 saturated heterocycles. The van der Waals surface area contributed by atoms with Gasteiger partial charge in [0.25, 0.3) is 0 Å². The van der Waals surface area contributed by atoms with E-state index >= 15 is 0 Å².